The van der Waals surface area contributed by atoms with Crippen LogP contribution in [0.3, 0.4) is 0 Å². The Kier molecular flexibility index (Phi) is 2.89. The summed E-state index contributed by atoms with van der Waals surface area (Å²) >= 11 is 0. The van der Waals surface area contributed by atoms with Crippen molar-refractivity contribution in [2.75, 3.05) is 6.61 Å². The van der Waals surface area contributed by atoms with Crippen LogP contribution in [0.15, 0.2) is 24.0 Å². The Morgan fingerprint density at radius 2 is 1.94 bits per heavy atom. The predicted octanol–water partition coefficient (Wildman–Crippen LogP) is 0.998. The zero-order chi connectivity index (χ0) is 11.5. The van der Waals surface area contributed by atoms with Crippen LogP contribution in [-0.2, 0) is 28.5 Å². The second-order valence-corrected chi connectivity index (χ2v) is 3.29. The number of rotatable bonds is 3. The Morgan fingerprint density at radius 1 is 1.25 bits per heavy atom. The summed E-state index contributed by atoms with van der Waals surface area (Å²) in [5, 5.41) is 0. The zero-order valence-electron chi connectivity index (χ0n) is 8.97. The molecule has 0 aromatic carbocycles. The molecule has 0 aromatic heterocycles. The maximum atomic E-state index is 11.4. The molecule has 2 aliphatic rings. The van der Waals surface area contributed by atoms with Crippen LogP contribution in [0.2, 0.25) is 0 Å². The summed E-state index contributed by atoms with van der Waals surface area (Å²) in [6, 6.07) is 0. The molecule has 0 N–H and O–H groups in total. The predicted molar refractivity (Wildman–Crippen MR) is 50.4 cm³/mol. The van der Waals surface area contributed by atoms with Crippen LogP contribution in [-0.4, -0.2) is 25.2 Å². The summed E-state index contributed by atoms with van der Waals surface area (Å²) in [7, 11) is 0. The van der Waals surface area contributed by atoms with Crippen molar-refractivity contribution in [1.82, 2.24) is 0 Å². The highest BCUT2D eigenvalue weighted by Crippen LogP contribution is 2.17. The molecule has 88 valence electrons. The van der Waals surface area contributed by atoms with Crippen molar-refractivity contribution in [2.45, 2.75) is 26.4 Å². The highest BCUT2D eigenvalue weighted by atomic mass is 16.7. The van der Waals surface area contributed by atoms with Crippen molar-refractivity contribution >= 4 is 5.97 Å². The molecule has 2 unspecified atom stereocenters. The van der Waals surface area contributed by atoms with Crippen LogP contribution in [0.5, 0.6) is 0 Å². The molecule has 0 spiro atoms. The van der Waals surface area contributed by atoms with Gasteiger partial charge in [0.15, 0.2) is 12.4 Å². The fourth-order valence-electron chi connectivity index (χ4n) is 1.20. The number of carbonyl (C=O) groups is 1. The molecular formula is C10H12O6. The van der Waals surface area contributed by atoms with Crippen LogP contribution in [0, 0.1) is 0 Å². The number of hydrogen-bond acceptors (Lipinski definition) is 6. The van der Waals surface area contributed by atoms with Gasteiger partial charge in [-0.25, -0.2) is 4.79 Å². The van der Waals surface area contributed by atoms with E-state index in [4.69, 9.17) is 23.7 Å². The van der Waals surface area contributed by atoms with E-state index in [2.05, 4.69) is 0 Å². The minimum absolute atomic E-state index is 0.0122. The molecule has 2 aliphatic heterocycles. The highest BCUT2D eigenvalue weighted by molar-refractivity contribution is 5.86. The second kappa shape index (κ2) is 4.34. The van der Waals surface area contributed by atoms with Gasteiger partial charge in [-0.15, -0.1) is 0 Å². The van der Waals surface area contributed by atoms with Gasteiger partial charge in [0.25, 0.3) is 0 Å². The van der Waals surface area contributed by atoms with Crippen molar-refractivity contribution in [1.29, 1.82) is 0 Å². The van der Waals surface area contributed by atoms with E-state index in [0.717, 1.165) is 0 Å². The summed E-state index contributed by atoms with van der Waals surface area (Å²) in [6.45, 7) is 3.43. The van der Waals surface area contributed by atoms with E-state index >= 15 is 0 Å². The molecule has 6 nitrogen and oxygen atoms in total. The molecule has 0 fully saturated rings. The topological polar surface area (TPSA) is 63.2 Å². The zero-order valence-corrected chi connectivity index (χ0v) is 8.97. The van der Waals surface area contributed by atoms with E-state index in [9.17, 15) is 4.79 Å². The average Bonchev–Trinajstić information content (AvgIpc) is 2.84. The van der Waals surface area contributed by atoms with Gasteiger partial charge in [-0.2, -0.15) is 0 Å². The van der Waals surface area contributed by atoms with Crippen LogP contribution in [0.4, 0.5) is 0 Å². The summed E-state index contributed by atoms with van der Waals surface area (Å²) in [5.41, 5.74) is 0. The molecule has 0 amide bonds. The molecule has 0 radical (unpaired) electrons. The maximum absolute atomic E-state index is 11.4. The molecule has 0 saturated heterocycles. The molecule has 0 aliphatic carbocycles. The molecule has 0 bridgehead atoms. The number of hydrogen-bond donors (Lipinski definition) is 0. The summed E-state index contributed by atoms with van der Waals surface area (Å²) in [6.07, 6.45) is 1.86. The minimum Gasteiger partial charge on any atom is -0.459 e. The van der Waals surface area contributed by atoms with Crippen LogP contribution in [0.25, 0.3) is 0 Å². The molecule has 2 atom stereocenters. The first-order chi connectivity index (χ1) is 7.65. The molecule has 0 aromatic rings. The lowest BCUT2D eigenvalue weighted by Crippen LogP contribution is -2.13. The van der Waals surface area contributed by atoms with Crippen molar-refractivity contribution in [3.8, 4) is 0 Å². The Bertz CT molecular complexity index is 345. The standard InChI is InChI=1S/C10H12O6/c1-6-12-3-8(15-6)4-14-10(11)9-5-13-7(2)16-9/h3,5-7H,4H2,1-2H3. The van der Waals surface area contributed by atoms with Crippen LogP contribution in [0.1, 0.15) is 13.8 Å². The van der Waals surface area contributed by atoms with Gasteiger partial charge in [-0.1, -0.05) is 0 Å². The van der Waals surface area contributed by atoms with Crippen LogP contribution < -0.4 is 0 Å². The van der Waals surface area contributed by atoms with E-state index in [1.807, 2.05) is 0 Å². The summed E-state index contributed by atoms with van der Waals surface area (Å²) < 4.78 is 25.0. The molecule has 0 saturated carbocycles. The average molecular weight is 228 g/mol. The smallest absolute Gasteiger partial charge is 0.377 e. The lowest BCUT2D eigenvalue weighted by molar-refractivity contribution is -0.145. The molecule has 2 heterocycles. The van der Waals surface area contributed by atoms with Gasteiger partial charge >= 0.3 is 5.97 Å². The SMILES string of the molecule is CC1OC=C(COC(=O)C2=COC(C)O2)O1. The van der Waals surface area contributed by atoms with Gasteiger partial charge in [0.05, 0.1) is 0 Å². The Morgan fingerprint density at radius 3 is 2.50 bits per heavy atom. The fourth-order valence-corrected chi connectivity index (χ4v) is 1.20. The normalized spacial score (nSPS) is 26.9. The number of carbonyl (C=O) groups excluding carboxylic acids is 1. The highest BCUT2D eigenvalue weighted by Gasteiger charge is 2.24. The quantitative estimate of drug-likeness (QED) is 0.671. The van der Waals surface area contributed by atoms with Gasteiger partial charge in [-0.05, 0) is 0 Å². The van der Waals surface area contributed by atoms with Gasteiger partial charge in [0.2, 0.25) is 18.3 Å². The lowest BCUT2D eigenvalue weighted by Gasteiger charge is -2.07. The first-order valence-electron chi connectivity index (χ1n) is 4.85. The Hall–Kier alpha value is -1.85. The molecular weight excluding hydrogens is 216 g/mol. The van der Waals surface area contributed by atoms with Crippen molar-refractivity contribution in [3.63, 3.8) is 0 Å². The Balaban J connectivity index is 1.76. The molecule has 6 heteroatoms. The van der Waals surface area contributed by atoms with E-state index in [1.54, 1.807) is 13.8 Å². The summed E-state index contributed by atoms with van der Waals surface area (Å²) in [4.78, 5) is 11.4. The lowest BCUT2D eigenvalue weighted by atomic mass is 10.5. The molecule has 16 heavy (non-hydrogen) atoms. The third-order valence-electron chi connectivity index (χ3n) is 1.91. The number of esters is 1. The monoisotopic (exact) mass is 228 g/mol. The first kappa shape index (κ1) is 10.7. The molecule has 2 rings (SSSR count). The van der Waals surface area contributed by atoms with Gasteiger partial charge in [0, 0.05) is 13.8 Å². The second-order valence-electron chi connectivity index (χ2n) is 3.29. The Labute approximate surface area is 92.4 Å². The van der Waals surface area contributed by atoms with Gasteiger partial charge < -0.3 is 23.7 Å². The van der Waals surface area contributed by atoms with Crippen LogP contribution >= 0.6 is 0 Å². The van der Waals surface area contributed by atoms with E-state index in [-0.39, 0.29) is 18.7 Å². The first-order valence-corrected chi connectivity index (χ1v) is 4.85. The summed E-state index contributed by atoms with van der Waals surface area (Å²) in [5.74, 6) is -0.0677. The van der Waals surface area contributed by atoms with E-state index in [1.165, 1.54) is 12.5 Å². The third kappa shape index (κ3) is 2.39. The van der Waals surface area contributed by atoms with E-state index < -0.39 is 12.3 Å². The number of ether oxygens (including phenoxy) is 5. The van der Waals surface area contributed by atoms with Crippen molar-refractivity contribution < 1.29 is 28.5 Å². The van der Waals surface area contributed by atoms with Crippen molar-refractivity contribution in [2.24, 2.45) is 0 Å². The fraction of sp³-hybridized carbons (Fsp3) is 0.500. The largest absolute Gasteiger partial charge is 0.459 e. The van der Waals surface area contributed by atoms with Gasteiger partial charge in [-0.3, -0.25) is 0 Å². The van der Waals surface area contributed by atoms with E-state index in [0.29, 0.717) is 5.76 Å². The minimum atomic E-state index is -0.589. The third-order valence-corrected chi connectivity index (χ3v) is 1.91. The van der Waals surface area contributed by atoms with Crippen molar-refractivity contribution in [3.05, 3.63) is 24.0 Å². The maximum Gasteiger partial charge on any atom is 0.377 e. The van der Waals surface area contributed by atoms with Gasteiger partial charge in [0.1, 0.15) is 12.5 Å².